The number of hydrogen-bond donors (Lipinski definition) is 0. The van der Waals surface area contributed by atoms with Crippen molar-refractivity contribution in [1.82, 2.24) is 9.97 Å². The zero-order valence-electron chi connectivity index (χ0n) is 27.5. The van der Waals surface area contributed by atoms with Gasteiger partial charge in [0, 0.05) is 20.4 Å². The molecule has 6 heterocycles. The van der Waals surface area contributed by atoms with Crippen molar-refractivity contribution in [1.29, 1.82) is 0 Å². The first kappa shape index (κ1) is 28.0. The number of hydrogen-bond acceptors (Lipinski definition) is 9. The molecule has 12 rings (SSSR count). The summed E-state index contributed by atoms with van der Waals surface area (Å²) in [5.74, 6) is 4.07. The van der Waals surface area contributed by atoms with E-state index < -0.39 is 0 Å². The summed E-state index contributed by atoms with van der Waals surface area (Å²) in [6.07, 6.45) is 0. The molecule has 7 nitrogen and oxygen atoms in total. The maximum absolute atomic E-state index is 7.08. The average Bonchev–Trinajstić information content (AvgIpc) is 3.86. The van der Waals surface area contributed by atoms with Gasteiger partial charge in [0.2, 0.25) is 11.8 Å². The van der Waals surface area contributed by atoms with E-state index >= 15 is 0 Å². The van der Waals surface area contributed by atoms with Gasteiger partial charge in [-0.2, -0.15) is 0 Å². The summed E-state index contributed by atoms with van der Waals surface area (Å²) in [7, 11) is 0. The molecule has 0 N–H and O–H groups in total. The number of rotatable bonds is 2. The third-order valence-electron chi connectivity index (χ3n) is 10.0. The van der Waals surface area contributed by atoms with E-state index in [9.17, 15) is 0 Å². The van der Waals surface area contributed by atoms with Crippen LogP contribution in [-0.4, -0.2) is 9.97 Å². The van der Waals surface area contributed by atoms with Crippen molar-refractivity contribution >= 4 is 82.5 Å². The van der Waals surface area contributed by atoms with Crippen LogP contribution in [0.4, 0.5) is 17.1 Å². The molecule has 0 unspecified atom stereocenters. The second-order valence-electron chi connectivity index (χ2n) is 14.2. The lowest BCUT2D eigenvalue weighted by Crippen LogP contribution is -2.24. The number of para-hydroxylation sites is 4. The lowest BCUT2D eigenvalue weighted by Gasteiger charge is -2.42. The number of aromatic nitrogens is 2. The number of anilines is 3. The van der Waals surface area contributed by atoms with E-state index in [1.165, 1.54) is 15.6 Å². The van der Waals surface area contributed by atoms with Crippen molar-refractivity contribution in [3.8, 4) is 45.9 Å². The summed E-state index contributed by atoms with van der Waals surface area (Å²) in [6, 6.07) is 32.8. The van der Waals surface area contributed by atoms with Gasteiger partial charge in [-0.05, 0) is 71.6 Å². The second kappa shape index (κ2) is 9.51. The average molecular weight is 700 g/mol. The normalized spacial score (nSPS) is 14.0. The lowest BCUT2D eigenvalue weighted by atomic mass is 9.84. The van der Waals surface area contributed by atoms with E-state index in [0.717, 1.165) is 87.5 Å². The summed E-state index contributed by atoms with van der Waals surface area (Å²) in [4.78, 5) is 14.2. The zero-order valence-corrected chi connectivity index (χ0v) is 29.2. The molecule has 3 aliphatic rings. The molecule has 0 atom stereocenters. The predicted molar refractivity (Wildman–Crippen MR) is 203 cm³/mol. The molecule has 9 aromatic rings. The fourth-order valence-electron chi connectivity index (χ4n) is 7.78. The minimum Gasteiger partial charge on any atom is -0.452 e. The highest BCUT2D eigenvalue weighted by atomic mass is 32.2. The standard InChI is InChI=1S/C42H25N3O4S2/c1-42(2,3)23-9-8-14-30-32(23)22-19-29-33-37(39(22)50-30)46-28-17-15-21(41-44-25-11-5-7-13-27(25)49-41)38-34(28)45(33)35-31(51-38)18-16-20(36(35)47-29)40-43-24-10-4-6-12-26(24)48-40/h4-19H,1-3H3. The van der Waals surface area contributed by atoms with Crippen LogP contribution in [0.15, 0.2) is 116 Å². The van der Waals surface area contributed by atoms with Crippen molar-refractivity contribution in [3.63, 3.8) is 0 Å². The smallest absolute Gasteiger partial charge is 0.231 e. The molecule has 0 bridgehead atoms. The fourth-order valence-corrected chi connectivity index (χ4v) is 10.2. The van der Waals surface area contributed by atoms with Crippen LogP contribution in [0.2, 0.25) is 0 Å². The molecule has 51 heavy (non-hydrogen) atoms. The minimum absolute atomic E-state index is 0.0589. The SMILES string of the molecule is CC(C)(C)c1cccc2sc3c4c5c(cc3c12)Oc1c(-c2nc3ccccc3o2)ccc2c1N5c1c(ccc(-c3nc5ccccc5o3)c1S2)O4. The summed E-state index contributed by atoms with van der Waals surface area (Å²) in [5, 5.41) is 2.36. The van der Waals surface area contributed by atoms with Crippen LogP contribution in [0.1, 0.15) is 26.3 Å². The van der Waals surface area contributed by atoms with Gasteiger partial charge in [0.05, 0.1) is 20.7 Å². The van der Waals surface area contributed by atoms with E-state index in [1.807, 2.05) is 54.6 Å². The molecule has 9 heteroatoms. The van der Waals surface area contributed by atoms with Crippen LogP contribution in [0, 0.1) is 0 Å². The Balaban J connectivity index is 1.17. The highest BCUT2D eigenvalue weighted by molar-refractivity contribution is 8.00. The van der Waals surface area contributed by atoms with Gasteiger partial charge < -0.3 is 18.3 Å². The highest BCUT2D eigenvalue weighted by Gasteiger charge is 2.44. The number of oxazole rings is 2. The van der Waals surface area contributed by atoms with Crippen molar-refractivity contribution in [2.75, 3.05) is 4.90 Å². The van der Waals surface area contributed by atoms with Crippen molar-refractivity contribution in [2.24, 2.45) is 0 Å². The number of nitrogens with zero attached hydrogens (tertiary/aromatic N) is 3. The number of thiophene rings is 1. The molecular weight excluding hydrogens is 675 g/mol. The maximum Gasteiger partial charge on any atom is 0.231 e. The van der Waals surface area contributed by atoms with Crippen LogP contribution < -0.4 is 14.4 Å². The van der Waals surface area contributed by atoms with Gasteiger partial charge in [0.15, 0.2) is 34.2 Å². The van der Waals surface area contributed by atoms with Crippen LogP contribution in [0.25, 0.3) is 65.3 Å². The zero-order chi connectivity index (χ0) is 33.7. The molecule has 0 saturated carbocycles. The molecule has 0 saturated heterocycles. The van der Waals surface area contributed by atoms with Crippen molar-refractivity contribution < 1.29 is 18.3 Å². The third kappa shape index (κ3) is 3.69. The van der Waals surface area contributed by atoms with Crippen LogP contribution in [0.3, 0.4) is 0 Å². The van der Waals surface area contributed by atoms with Crippen LogP contribution in [-0.2, 0) is 5.41 Å². The van der Waals surface area contributed by atoms with E-state index in [0.29, 0.717) is 17.5 Å². The maximum atomic E-state index is 7.08. The summed E-state index contributed by atoms with van der Waals surface area (Å²) >= 11 is 3.44. The van der Waals surface area contributed by atoms with E-state index in [2.05, 4.69) is 68.1 Å². The molecule has 3 aromatic heterocycles. The Morgan fingerprint density at radius 3 is 2.10 bits per heavy atom. The van der Waals surface area contributed by atoms with Gasteiger partial charge in [0.25, 0.3) is 0 Å². The lowest BCUT2D eigenvalue weighted by molar-refractivity contribution is 0.447. The number of fused-ring (bicyclic) bond motifs is 6. The van der Waals surface area contributed by atoms with Crippen LogP contribution >= 0.6 is 23.1 Å². The molecular formula is C42H25N3O4S2. The molecule has 0 aliphatic carbocycles. The van der Waals surface area contributed by atoms with E-state index in [4.69, 9.17) is 28.3 Å². The largest absolute Gasteiger partial charge is 0.452 e. The minimum atomic E-state index is -0.0589. The van der Waals surface area contributed by atoms with Crippen LogP contribution in [0.5, 0.6) is 23.0 Å². The predicted octanol–water partition coefficient (Wildman–Crippen LogP) is 13.1. The van der Waals surface area contributed by atoms with Gasteiger partial charge in [-0.1, -0.05) is 68.9 Å². The Labute approximate surface area is 299 Å². The second-order valence-corrected chi connectivity index (χ2v) is 16.3. The van der Waals surface area contributed by atoms with Gasteiger partial charge in [0.1, 0.15) is 28.1 Å². The topological polar surface area (TPSA) is 73.8 Å². The molecule has 0 amide bonds. The molecule has 3 aliphatic heterocycles. The Morgan fingerprint density at radius 2 is 1.35 bits per heavy atom. The summed E-state index contributed by atoms with van der Waals surface area (Å²) in [6.45, 7) is 6.80. The monoisotopic (exact) mass is 699 g/mol. The molecule has 0 fully saturated rings. The van der Waals surface area contributed by atoms with Crippen molar-refractivity contribution in [2.45, 2.75) is 36.0 Å². The molecule has 0 spiro atoms. The molecule has 244 valence electrons. The first-order chi connectivity index (χ1) is 24.9. The Hall–Kier alpha value is -5.77. The number of benzene rings is 6. The number of ether oxygens (including phenoxy) is 2. The Bertz CT molecular complexity index is 2950. The van der Waals surface area contributed by atoms with Gasteiger partial charge in [-0.3, -0.25) is 4.90 Å². The van der Waals surface area contributed by atoms with Gasteiger partial charge in [-0.15, -0.1) is 11.3 Å². The van der Waals surface area contributed by atoms with Gasteiger partial charge in [-0.25, -0.2) is 9.97 Å². The highest BCUT2D eigenvalue weighted by Crippen LogP contribution is 2.70. The van der Waals surface area contributed by atoms with Gasteiger partial charge >= 0.3 is 0 Å². The Kier molecular flexibility index (Phi) is 5.22. The molecule has 6 aromatic carbocycles. The first-order valence-electron chi connectivity index (χ1n) is 16.8. The quantitative estimate of drug-likeness (QED) is 0.176. The Morgan fingerprint density at radius 1 is 0.647 bits per heavy atom. The molecule has 0 radical (unpaired) electrons. The van der Waals surface area contributed by atoms with E-state index in [1.54, 1.807) is 23.1 Å². The summed E-state index contributed by atoms with van der Waals surface area (Å²) in [5.41, 5.74) is 8.80. The fraction of sp³-hybridized carbons (Fsp3) is 0.0952. The van der Waals surface area contributed by atoms with Crippen molar-refractivity contribution in [3.05, 3.63) is 103 Å². The first-order valence-corrected chi connectivity index (χ1v) is 18.4. The summed E-state index contributed by atoms with van der Waals surface area (Å²) < 4.78 is 29.1. The van der Waals surface area contributed by atoms with E-state index in [-0.39, 0.29) is 5.41 Å². The third-order valence-corrected chi connectivity index (χ3v) is 12.4.